The predicted molar refractivity (Wildman–Crippen MR) is 83.2 cm³/mol. The lowest BCUT2D eigenvalue weighted by Gasteiger charge is -2.11. The van der Waals surface area contributed by atoms with Crippen molar-refractivity contribution in [2.75, 3.05) is 17.7 Å². The fourth-order valence-corrected chi connectivity index (χ4v) is 2.55. The van der Waals surface area contributed by atoms with E-state index in [4.69, 9.17) is 34.8 Å². The summed E-state index contributed by atoms with van der Waals surface area (Å²) in [6, 6.07) is 4.10. The number of nitrogens with one attached hydrogen (secondary N) is 2. The zero-order valence-electron chi connectivity index (χ0n) is 10.7. The van der Waals surface area contributed by atoms with Crippen molar-refractivity contribution in [1.29, 1.82) is 0 Å². The Hall–Kier alpha value is -1.56. The quantitative estimate of drug-likeness (QED) is 0.860. The highest BCUT2D eigenvalue weighted by Crippen LogP contribution is 2.34. The average Bonchev–Trinajstić information content (AvgIpc) is 2.42. The maximum atomic E-state index is 14.0. The second kappa shape index (κ2) is 6.47. The molecule has 2 rings (SSSR count). The summed E-state index contributed by atoms with van der Waals surface area (Å²) in [4.78, 5) is 15.9. The van der Waals surface area contributed by atoms with Gasteiger partial charge in [0, 0.05) is 18.3 Å². The molecule has 0 unspecified atom stereocenters. The van der Waals surface area contributed by atoms with Gasteiger partial charge in [0.05, 0.1) is 21.3 Å². The molecule has 0 fully saturated rings. The third-order valence-corrected chi connectivity index (χ3v) is 3.43. The molecule has 0 atom stereocenters. The van der Waals surface area contributed by atoms with Gasteiger partial charge in [0.25, 0.3) is 5.91 Å². The van der Waals surface area contributed by atoms with Crippen LogP contribution in [-0.4, -0.2) is 17.9 Å². The Morgan fingerprint density at radius 1 is 1.24 bits per heavy atom. The van der Waals surface area contributed by atoms with E-state index in [9.17, 15) is 9.18 Å². The fourth-order valence-electron chi connectivity index (χ4n) is 1.64. The van der Waals surface area contributed by atoms with Crippen molar-refractivity contribution in [1.82, 2.24) is 4.98 Å². The van der Waals surface area contributed by atoms with Crippen molar-refractivity contribution in [3.63, 3.8) is 0 Å². The van der Waals surface area contributed by atoms with Gasteiger partial charge in [0.1, 0.15) is 0 Å². The molecule has 0 aliphatic rings. The van der Waals surface area contributed by atoms with Crippen LogP contribution in [0.3, 0.4) is 0 Å². The van der Waals surface area contributed by atoms with Crippen LogP contribution >= 0.6 is 34.8 Å². The Morgan fingerprint density at radius 2 is 1.86 bits per heavy atom. The lowest BCUT2D eigenvalue weighted by atomic mass is 10.2. The van der Waals surface area contributed by atoms with Crippen LogP contribution < -0.4 is 10.6 Å². The summed E-state index contributed by atoms with van der Waals surface area (Å²) in [6.45, 7) is 0. The largest absolute Gasteiger partial charge is 0.371 e. The van der Waals surface area contributed by atoms with Crippen molar-refractivity contribution in [3.8, 4) is 0 Å². The van der Waals surface area contributed by atoms with E-state index in [1.165, 1.54) is 31.4 Å². The van der Waals surface area contributed by atoms with Crippen LogP contribution in [0.1, 0.15) is 10.4 Å². The number of hydrogen-bond acceptors (Lipinski definition) is 3. The van der Waals surface area contributed by atoms with Crippen LogP contribution in [0.15, 0.2) is 24.4 Å². The predicted octanol–water partition coefficient (Wildman–Crippen LogP) is 4.47. The molecule has 0 radical (unpaired) electrons. The molecule has 1 aromatic carbocycles. The molecule has 21 heavy (non-hydrogen) atoms. The minimum Gasteiger partial charge on any atom is -0.371 e. The summed E-state index contributed by atoms with van der Waals surface area (Å²) in [7, 11) is 1.50. The molecular formula is C13H9Cl3FN3O. The first-order valence-corrected chi connectivity index (χ1v) is 6.85. The number of carbonyl (C=O) groups excluding carboxylic acids is 1. The molecule has 0 saturated heterocycles. The van der Waals surface area contributed by atoms with E-state index in [2.05, 4.69) is 15.6 Å². The van der Waals surface area contributed by atoms with Gasteiger partial charge in [-0.2, -0.15) is 0 Å². The summed E-state index contributed by atoms with van der Waals surface area (Å²) < 4.78 is 14.0. The van der Waals surface area contributed by atoms with Gasteiger partial charge in [0.2, 0.25) is 0 Å². The number of carbonyl (C=O) groups is 1. The number of pyridine rings is 1. The van der Waals surface area contributed by atoms with Crippen LogP contribution in [0.2, 0.25) is 15.1 Å². The number of amides is 1. The lowest BCUT2D eigenvalue weighted by Crippen LogP contribution is -2.15. The molecule has 2 N–H and O–H groups in total. The van der Waals surface area contributed by atoms with Gasteiger partial charge in [0.15, 0.2) is 11.6 Å². The number of hydrogen-bond donors (Lipinski definition) is 2. The molecule has 0 spiro atoms. The highest BCUT2D eigenvalue weighted by atomic mass is 35.5. The van der Waals surface area contributed by atoms with Crippen LogP contribution in [0, 0.1) is 5.82 Å². The Labute approximate surface area is 135 Å². The van der Waals surface area contributed by atoms with Gasteiger partial charge in [-0.15, -0.1) is 0 Å². The summed E-state index contributed by atoms with van der Waals surface area (Å²) in [6.07, 6.45) is 1.31. The molecule has 110 valence electrons. The highest BCUT2D eigenvalue weighted by Gasteiger charge is 2.18. The van der Waals surface area contributed by atoms with E-state index in [0.717, 1.165) is 0 Å². The molecule has 1 amide bonds. The standard InChI is InChI=1S/C13H9Cl3FN3O/c1-18-12-10(17)7(2-3-19-12)13(21)20-11-8(15)4-6(14)5-9(11)16/h2-5H,1H3,(H,18,19)(H,20,21). The van der Waals surface area contributed by atoms with Crippen LogP contribution in [0.5, 0.6) is 0 Å². The first-order valence-electron chi connectivity index (χ1n) is 5.72. The Morgan fingerprint density at radius 3 is 2.43 bits per heavy atom. The van der Waals surface area contributed by atoms with E-state index in [0.29, 0.717) is 5.02 Å². The van der Waals surface area contributed by atoms with Crippen LogP contribution in [0.4, 0.5) is 15.9 Å². The third kappa shape index (κ3) is 3.37. The van der Waals surface area contributed by atoms with E-state index < -0.39 is 11.7 Å². The molecule has 2 aromatic rings. The van der Waals surface area contributed by atoms with Gasteiger partial charge < -0.3 is 10.6 Å². The smallest absolute Gasteiger partial charge is 0.258 e. The minimum atomic E-state index is -0.765. The molecule has 0 bridgehead atoms. The molecule has 1 heterocycles. The number of halogens is 4. The summed E-state index contributed by atoms with van der Waals surface area (Å²) in [5.74, 6) is -1.49. The van der Waals surface area contributed by atoms with Gasteiger partial charge in [-0.05, 0) is 18.2 Å². The average molecular weight is 349 g/mol. The molecule has 4 nitrogen and oxygen atoms in total. The number of rotatable bonds is 3. The SMILES string of the molecule is CNc1nccc(C(=O)Nc2c(Cl)cc(Cl)cc2Cl)c1F. The normalized spacial score (nSPS) is 10.3. The first-order chi connectivity index (χ1) is 9.93. The molecule has 0 aliphatic heterocycles. The number of anilines is 2. The maximum Gasteiger partial charge on any atom is 0.258 e. The Bertz CT molecular complexity index is 686. The van der Waals surface area contributed by atoms with Crippen molar-refractivity contribution in [2.45, 2.75) is 0 Å². The summed E-state index contributed by atoms with van der Waals surface area (Å²) in [5, 5.41) is 5.65. The monoisotopic (exact) mass is 347 g/mol. The summed E-state index contributed by atoms with van der Waals surface area (Å²) in [5.41, 5.74) is -0.0219. The Balaban J connectivity index is 2.35. The van der Waals surface area contributed by atoms with E-state index in [-0.39, 0.29) is 27.1 Å². The van der Waals surface area contributed by atoms with Crippen LogP contribution in [0.25, 0.3) is 0 Å². The van der Waals surface area contributed by atoms with E-state index >= 15 is 0 Å². The number of nitrogens with zero attached hydrogens (tertiary/aromatic N) is 1. The van der Waals surface area contributed by atoms with Gasteiger partial charge in [-0.25, -0.2) is 9.37 Å². The third-order valence-electron chi connectivity index (χ3n) is 2.62. The zero-order chi connectivity index (χ0) is 15.6. The lowest BCUT2D eigenvalue weighted by molar-refractivity contribution is 0.102. The molecule has 8 heteroatoms. The van der Waals surface area contributed by atoms with Crippen LogP contribution in [-0.2, 0) is 0 Å². The minimum absolute atomic E-state index is 0.0315. The van der Waals surface area contributed by atoms with Gasteiger partial charge in [-0.3, -0.25) is 4.79 Å². The topological polar surface area (TPSA) is 54.0 Å². The second-order valence-corrected chi connectivity index (χ2v) is 5.22. The maximum absolute atomic E-state index is 14.0. The Kier molecular flexibility index (Phi) is 4.88. The molecular weight excluding hydrogens is 340 g/mol. The second-order valence-electron chi connectivity index (χ2n) is 3.97. The van der Waals surface area contributed by atoms with Crippen molar-refractivity contribution < 1.29 is 9.18 Å². The molecule has 0 saturated carbocycles. The molecule has 1 aromatic heterocycles. The number of aromatic nitrogens is 1. The van der Waals surface area contributed by atoms with Crippen molar-refractivity contribution in [3.05, 3.63) is 50.8 Å². The number of benzene rings is 1. The first kappa shape index (κ1) is 15.8. The van der Waals surface area contributed by atoms with Gasteiger partial charge >= 0.3 is 0 Å². The van der Waals surface area contributed by atoms with Crippen molar-refractivity contribution >= 4 is 52.2 Å². The van der Waals surface area contributed by atoms with E-state index in [1.54, 1.807) is 0 Å². The highest BCUT2D eigenvalue weighted by molar-refractivity contribution is 6.42. The van der Waals surface area contributed by atoms with Crippen molar-refractivity contribution in [2.24, 2.45) is 0 Å². The zero-order valence-corrected chi connectivity index (χ0v) is 12.9. The molecule has 0 aliphatic carbocycles. The fraction of sp³-hybridized carbons (Fsp3) is 0.0769. The van der Waals surface area contributed by atoms with Gasteiger partial charge in [-0.1, -0.05) is 34.8 Å². The summed E-state index contributed by atoms with van der Waals surface area (Å²) >= 11 is 17.7. The van der Waals surface area contributed by atoms with E-state index in [1.807, 2.05) is 0 Å².